The van der Waals surface area contributed by atoms with Gasteiger partial charge in [0.15, 0.2) is 0 Å². The van der Waals surface area contributed by atoms with E-state index in [0.717, 1.165) is 35.5 Å². The van der Waals surface area contributed by atoms with Crippen molar-refractivity contribution in [1.29, 1.82) is 0 Å². The minimum absolute atomic E-state index is 0.0632. The standard InChI is InChI=1S/C29H51NO2/c1-7-9-20(3)24-12-13-25-23-11-10-21-18-22(30(6)19-27(31)32-8-2)14-16-28(21,4)26(23)15-17-29(24,25)5/h20-26H,7-19H2,1-6H3/t20-,21?,22?,23?,24-,25?,26?,28+,29-/m1/s1. The van der Waals surface area contributed by atoms with E-state index in [0.29, 0.717) is 30.0 Å². The van der Waals surface area contributed by atoms with E-state index in [1.807, 2.05) is 6.92 Å². The number of nitrogens with zero attached hydrogens (tertiary/aromatic N) is 1. The van der Waals surface area contributed by atoms with Crippen LogP contribution in [0.5, 0.6) is 0 Å². The summed E-state index contributed by atoms with van der Waals surface area (Å²) in [5, 5.41) is 0. The van der Waals surface area contributed by atoms with E-state index in [-0.39, 0.29) is 5.97 Å². The lowest BCUT2D eigenvalue weighted by Crippen LogP contribution is -2.55. The molecule has 0 aliphatic heterocycles. The fourth-order valence-corrected chi connectivity index (χ4v) is 9.81. The molecule has 5 unspecified atom stereocenters. The summed E-state index contributed by atoms with van der Waals surface area (Å²) >= 11 is 0. The van der Waals surface area contributed by atoms with E-state index in [9.17, 15) is 4.79 Å². The maximum Gasteiger partial charge on any atom is 0.320 e. The Bertz CT molecular complexity index is 664. The topological polar surface area (TPSA) is 29.5 Å². The van der Waals surface area contributed by atoms with Gasteiger partial charge in [0.2, 0.25) is 0 Å². The third kappa shape index (κ3) is 4.18. The van der Waals surface area contributed by atoms with Crippen molar-refractivity contribution in [3.63, 3.8) is 0 Å². The second kappa shape index (κ2) is 9.59. The van der Waals surface area contributed by atoms with Gasteiger partial charge in [-0.1, -0.05) is 40.5 Å². The van der Waals surface area contributed by atoms with E-state index in [2.05, 4.69) is 39.6 Å². The van der Waals surface area contributed by atoms with E-state index in [1.165, 1.54) is 70.6 Å². The predicted molar refractivity (Wildman–Crippen MR) is 132 cm³/mol. The van der Waals surface area contributed by atoms with Crippen LogP contribution in [0.2, 0.25) is 0 Å². The number of hydrogen-bond acceptors (Lipinski definition) is 3. The first-order chi connectivity index (χ1) is 15.2. The van der Waals surface area contributed by atoms with Crippen molar-refractivity contribution in [2.24, 2.45) is 46.3 Å². The highest BCUT2D eigenvalue weighted by molar-refractivity contribution is 5.71. The van der Waals surface area contributed by atoms with Gasteiger partial charge in [-0.15, -0.1) is 0 Å². The lowest BCUT2D eigenvalue weighted by Gasteiger charge is -2.62. The van der Waals surface area contributed by atoms with Crippen LogP contribution in [0.25, 0.3) is 0 Å². The van der Waals surface area contributed by atoms with Crippen molar-refractivity contribution < 1.29 is 9.53 Å². The van der Waals surface area contributed by atoms with Gasteiger partial charge in [0.25, 0.3) is 0 Å². The monoisotopic (exact) mass is 445 g/mol. The van der Waals surface area contributed by atoms with Gasteiger partial charge in [0.05, 0.1) is 13.2 Å². The molecule has 0 heterocycles. The molecule has 4 fully saturated rings. The molecule has 0 bridgehead atoms. The van der Waals surface area contributed by atoms with Crippen LogP contribution in [0.3, 0.4) is 0 Å². The number of carbonyl (C=O) groups is 1. The zero-order valence-electron chi connectivity index (χ0n) is 22.0. The molecule has 4 rings (SSSR count). The summed E-state index contributed by atoms with van der Waals surface area (Å²) < 4.78 is 5.21. The Balaban J connectivity index is 1.43. The highest BCUT2D eigenvalue weighted by atomic mass is 16.5. The Hall–Kier alpha value is -0.570. The van der Waals surface area contributed by atoms with Crippen LogP contribution in [0, 0.1) is 46.3 Å². The average molecular weight is 446 g/mol. The first-order valence-corrected chi connectivity index (χ1v) is 14.1. The van der Waals surface area contributed by atoms with E-state index < -0.39 is 0 Å². The van der Waals surface area contributed by atoms with Crippen LogP contribution in [0.4, 0.5) is 0 Å². The quantitative estimate of drug-likeness (QED) is 0.397. The number of likely N-dealkylation sites (N-methyl/N-ethyl adjacent to an activating group) is 1. The first-order valence-electron chi connectivity index (χ1n) is 14.1. The van der Waals surface area contributed by atoms with Crippen LogP contribution in [0.1, 0.15) is 105 Å². The van der Waals surface area contributed by atoms with Gasteiger partial charge in [-0.25, -0.2) is 0 Å². The molecule has 184 valence electrons. The molecule has 0 saturated heterocycles. The van der Waals surface area contributed by atoms with Crippen LogP contribution in [-0.4, -0.2) is 37.1 Å². The minimum Gasteiger partial charge on any atom is -0.465 e. The molecular formula is C29H51NO2. The van der Waals surface area contributed by atoms with Crippen LogP contribution < -0.4 is 0 Å². The molecule has 4 saturated carbocycles. The average Bonchev–Trinajstić information content (AvgIpc) is 3.10. The lowest BCUT2D eigenvalue weighted by molar-refractivity contribution is -0.146. The molecule has 0 N–H and O–H groups in total. The van der Waals surface area contributed by atoms with Crippen LogP contribution in [0.15, 0.2) is 0 Å². The molecule has 9 atom stereocenters. The summed E-state index contributed by atoms with van der Waals surface area (Å²) in [5.41, 5.74) is 1.13. The van der Waals surface area contributed by atoms with Crippen LogP contribution in [-0.2, 0) is 9.53 Å². The first kappa shape index (κ1) is 24.6. The summed E-state index contributed by atoms with van der Waals surface area (Å²) in [4.78, 5) is 14.3. The van der Waals surface area contributed by atoms with Crippen molar-refractivity contribution in [1.82, 2.24) is 4.90 Å². The lowest BCUT2D eigenvalue weighted by atomic mass is 9.44. The third-order valence-electron chi connectivity index (χ3n) is 11.4. The Labute approximate surface area is 198 Å². The maximum atomic E-state index is 12.0. The molecule has 4 aliphatic carbocycles. The molecule has 0 aromatic carbocycles. The normalized spacial score (nSPS) is 44.5. The number of rotatable bonds is 7. The predicted octanol–water partition coefficient (Wildman–Crippen LogP) is 6.95. The van der Waals surface area contributed by atoms with Crippen molar-refractivity contribution in [3.05, 3.63) is 0 Å². The van der Waals surface area contributed by atoms with E-state index in [1.54, 1.807) is 0 Å². The molecule has 3 heteroatoms. The van der Waals surface area contributed by atoms with Gasteiger partial charge in [0, 0.05) is 6.04 Å². The Kier molecular flexibility index (Phi) is 7.36. The Morgan fingerprint density at radius 2 is 1.72 bits per heavy atom. The summed E-state index contributed by atoms with van der Waals surface area (Å²) in [6.07, 6.45) is 15.5. The fraction of sp³-hybridized carbons (Fsp3) is 0.966. The minimum atomic E-state index is -0.0632. The van der Waals surface area contributed by atoms with Gasteiger partial charge in [-0.2, -0.15) is 0 Å². The Morgan fingerprint density at radius 1 is 1.00 bits per heavy atom. The van der Waals surface area contributed by atoms with Crippen molar-refractivity contribution in [2.45, 2.75) is 111 Å². The molecule has 3 nitrogen and oxygen atoms in total. The summed E-state index contributed by atoms with van der Waals surface area (Å²) in [6, 6.07) is 0.550. The number of hydrogen-bond donors (Lipinski definition) is 0. The smallest absolute Gasteiger partial charge is 0.320 e. The third-order valence-corrected chi connectivity index (χ3v) is 11.4. The number of fused-ring (bicyclic) bond motifs is 5. The molecule has 0 aromatic rings. The summed E-state index contributed by atoms with van der Waals surface area (Å²) in [6.45, 7) is 13.1. The Morgan fingerprint density at radius 3 is 2.44 bits per heavy atom. The highest BCUT2D eigenvalue weighted by Gasteiger charge is 2.60. The molecule has 32 heavy (non-hydrogen) atoms. The van der Waals surface area contributed by atoms with Crippen molar-refractivity contribution in [3.8, 4) is 0 Å². The SMILES string of the molecule is CCC[C@@H](C)[C@H]1CCC2C3CCC4CC(N(C)CC(=O)OCC)CC[C@]4(C)C3CC[C@@]21C. The fourth-order valence-electron chi connectivity index (χ4n) is 9.81. The van der Waals surface area contributed by atoms with Gasteiger partial charge in [-0.05, 0) is 118 Å². The molecule has 0 radical (unpaired) electrons. The molecular weight excluding hydrogens is 394 g/mol. The molecule has 0 amide bonds. The van der Waals surface area contributed by atoms with Gasteiger partial charge in [0.1, 0.15) is 0 Å². The molecule has 4 aliphatic rings. The van der Waals surface area contributed by atoms with Gasteiger partial charge < -0.3 is 4.74 Å². The highest BCUT2D eigenvalue weighted by Crippen LogP contribution is 2.68. The van der Waals surface area contributed by atoms with Gasteiger partial charge in [-0.3, -0.25) is 9.69 Å². The van der Waals surface area contributed by atoms with Crippen LogP contribution >= 0.6 is 0 Å². The molecule has 0 aromatic heterocycles. The maximum absolute atomic E-state index is 12.0. The number of esters is 1. The second-order valence-electron chi connectivity index (χ2n) is 12.8. The van der Waals surface area contributed by atoms with E-state index in [4.69, 9.17) is 4.74 Å². The van der Waals surface area contributed by atoms with Crippen molar-refractivity contribution in [2.75, 3.05) is 20.2 Å². The van der Waals surface area contributed by atoms with Gasteiger partial charge >= 0.3 is 5.97 Å². The number of ether oxygens (including phenoxy) is 1. The molecule has 0 spiro atoms. The number of carbonyl (C=O) groups excluding carboxylic acids is 1. The van der Waals surface area contributed by atoms with E-state index >= 15 is 0 Å². The largest absolute Gasteiger partial charge is 0.465 e. The zero-order valence-corrected chi connectivity index (χ0v) is 22.0. The zero-order chi connectivity index (χ0) is 23.1. The summed E-state index contributed by atoms with van der Waals surface area (Å²) in [7, 11) is 2.14. The second-order valence-corrected chi connectivity index (χ2v) is 12.8. The summed E-state index contributed by atoms with van der Waals surface area (Å²) in [5.74, 6) is 5.54. The van der Waals surface area contributed by atoms with Crippen molar-refractivity contribution >= 4 is 5.97 Å².